The second-order valence-corrected chi connectivity index (χ2v) is 8.90. The van der Waals surface area contributed by atoms with Gasteiger partial charge in [-0.15, -0.1) is 0 Å². The van der Waals surface area contributed by atoms with Gasteiger partial charge in [0.25, 0.3) is 5.91 Å². The van der Waals surface area contributed by atoms with Gasteiger partial charge in [0.1, 0.15) is 0 Å². The van der Waals surface area contributed by atoms with Crippen LogP contribution >= 0.6 is 0 Å². The van der Waals surface area contributed by atoms with Gasteiger partial charge in [-0.1, -0.05) is 63.1 Å². The van der Waals surface area contributed by atoms with E-state index in [2.05, 4.69) is 24.5 Å². The summed E-state index contributed by atoms with van der Waals surface area (Å²) in [5.74, 6) is -1.77. The average Bonchev–Trinajstić information content (AvgIpc) is 2.83. The molecule has 3 atom stereocenters. The molecule has 3 unspecified atom stereocenters. The van der Waals surface area contributed by atoms with Crippen LogP contribution in [0.5, 0.6) is 0 Å². The molecule has 2 aliphatic rings. The Balaban J connectivity index is 1.39. The second kappa shape index (κ2) is 9.59. The molecule has 0 bridgehead atoms. The third kappa shape index (κ3) is 4.48. The quantitative estimate of drug-likeness (QED) is 0.575. The smallest absolute Gasteiger partial charge is 0.339 e. The molecular weight excluding hydrogens is 436 g/mol. The Hall–Kier alpha value is -3.81. The van der Waals surface area contributed by atoms with Gasteiger partial charge < -0.3 is 10.1 Å². The maximum atomic E-state index is 13.0. The highest BCUT2D eigenvalue weighted by atomic mass is 16.5. The first kappa shape index (κ1) is 23.4. The minimum absolute atomic E-state index is 0.0265. The van der Waals surface area contributed by atoms with E-state index >= 15 is 0 Å². The van der Waals surface area contributed by atoms with E-state index in [4.69, 9.17) is 4.74 Å². The SMILES string of the molecule is CC1CCCC(NC(=O)NC(=O)COC(=O)c2cccc3c2C(=O)c2ccccc2C3=O)C1C. The molecule has 1 saturated carbocycles. The van der Waals surface area contributed by atoms with E-state index in [-0.39, 0.29) is 39.6 Å². The molecule has 34 heavy (non-hydrogen) atoms. The van der Waals surface area contributed by atoms with Crippen molar-refractivity contribution >= 4 is 29.5 Å². The van der Waals surface area contributed by atoms with Crippen molar-refractivity contribution in [3.8, 4) is 0 Å². The van der Waals surface area contributed by atoms with E-state index < -0.39 is 30.3 Å². The number of ether oxygens (including phenoxy) is 1. The fraction of sp³-hybridized carbons (Fsp3) is 0.346. The van der Waals surface area contributed by atoms with Crippen LogP contribution in [0.2, 0.25) is 0 Å². The fourth-order valence-electron chi connectivity index (χ4n) is 4.68. The highest BCUT2D eigenvalue weighted by molar-refractivity contribution is 6.30. The van der Waals surface area contributed by atoms with Crippen molar-refractivity contribution in [3.63, 3.8) is 0 Å². The Kier molecular flexibility index (Phi) is 6.58. The number of carbonyl (C=O) groups excluding carboxylic acids is 5. The van der Waals surface area contributed by atoms with E-state index in [1.807, 2.05) is 0 Å². The highest BCUT2D eigenvalue weighted by Gasteiger charge is 2.33. The number of ketones is 2. The molecule has 0 aliphatic heterocycles. The molecule has 2 aliphatic carbocycles. The van der Waals surface area contributed by atoms with Crippen LogP contribution in [0.1, 0.15) is 75.3 Å². The van der Waals surface area contributed by atoms with Gasteiger partial charge in [-0.2, -0.15) is 0 Å². The Bertz CT molecular complexity index is 1190. The first-order chi connectivity index (χ1) is 16.3. The van der Waals surface area contributed by atoms with E-state index in [1.54, 1.807) is 18.2 Å². The predicted octanol–water partition coefficient (Wildman–Crippen LogP) is 3.27. The lowest BCUT2D eigenvalue weighted by Crippen LogP contribution is -2.49. The molecule has 2 N–H and O–H groups in total. The predicted molar refractivity (Wildman–Crippen MR) is 123 cm³/mol. The average molecular weight is 463 g/mol. The van der Waals surface area contributed by atoms with E-state index in [0.29, 0.717) is 11.8 Å². The van der Waals surface area contributed by atoms with Gasteiger partial charge >= 0.3 is 12.0 Å². The van der Waals surface area contributed by atoms with Crippen molar-refractivity contribution in [1.29, 1.82) is 0 Å². The molecule has 2 aromatic rings. The van der Waals surface area contributed by atoms with Crippen molar-refractivity contribution in [1.82, 2.24) is 10.6 Å². The molecule has 2 aromatic carbocycles. The van der Waals surface area contributed by atoms with Crippen LogP contribution in [0.4, 0.5) is 4.79 Å². The van der Waals surface area contributed by atoms with E-state index in [0.717, 1.165) is 19.3 Å². The van der Waals surface area contributed by atoms with Crippen LogP contribution in [-0.2, 0) is 9.53 Å². The van der Waals surface area contributed by atoms with Crippen molar-refractivity contribution in [2.75, 3.05) is 6.61 Å². The maximum Gasteiger partial charge on any atom is 0.339 e. The first-order valence-electron chi connectivity index (χ1n) is 11.4. The normalized spacial score (nSPS) is 21.2. The fourth-order valence-corrected chi connectivity index (χ4v) is 4.68. The van der Waals surface area contributed by atoms with Crippen molar-refractivity contribution in [3.05, 3.63) is 70.3 Å². The van der Waals surface area contributed by atoms with Gasteiger partial charge in [0.2, 0.25) is 0 Å². The molecule has 8 heteroatoms. The number of carbonyl (C=O) groups is 5. The molecular formula is C26H26N2O6. The molecule has 0 heterocycles. The number of fused-ring (bicyclic) bond motifs is 2. The van der Waals surface area contributed by atoms with Crippen LogP contribution in [0, 0.1) is 11.8 Å². The van der Waals surface area contributed by atoms with Crippen LogP contribution in [0.15, 0.2) is 42.5 Å². The summed E-state index contributed by atoms with van der Waals surface area (Å²) in [6.45, 7) is 3.51. The summed E-state index contributed by atoms with van der Waals surface area (Å²) < 4.78 is 5.06. The summed E-state index contributed by atoms with van der Waals surface area (Å²) in [7, 11) is 0. The van der Waals surface area contributed by atoms with Crippen LogP contribution in [-0.4, -0.2) is 42.1 Å². The molecule has 176 valence electrons. The largest absolute Gasteiger partial charge is 0.452 e. The zero-order valence-corrected chi connectivity index (χ0v) is 19.1. The molecule has 0 radical (unpaired) electrons. The van der Waals surface area contributed by atoms with Crippen LogP contribution in [0.3, 0.4) is 0 Å². The lowest BCUT2D eigenvalue weighted by Gasteiger charge is -2.34. The van der Waals surface area contributed by atoms with Crippen molar-refractivity contribution in [2.24, 2.45) is 11.8 Å². The first-order valence-corrected chi connectivity index (χ1v) is 11.4. The third-order valence-corrected chi connectivity index (χ3v) is 6.78. The topological polar surface area (TPSA) is 119 Å². The molecule has 0 saturated heterocycles. The highest BCUT2D eigenvalue weighted by Crippen LogP contribution is 2.30. The van der Waals surface area contributed by atoms with E-state index in [1.165, 1.54) is 24.3 Å². The number of rotatable bonds is 4. The summed E-state index contributed by atoms with van der Waals surface area (Å²) in [4.78, 5) is 62.9. The standard InChI is InChI=1S/C26H26N2O6/c1-14-7-5-12-20(15(14)2)27-26(33)28-21(29)13-34-25(32)19-11-6-10-18-22(19)24(31)17-9-4-3-8-16(17)23(18)30/h3-4,6,8-11,14-15,20H,5,7,12-13H2,1-2H3,(H2,27,28,29,33). The number of hydrogen-bond acceptors (Lipinski definition) is 6. The molecule has 8 nitrogen and oxygen atoms in total. The van der Waals surface area contributed by atoms with E-state index in [9.17, 15) is 24.0 Å². The van der Waals surface area contributed by atoms with Crippen LogP contribution < -0.4 is 10.6 Å². The molecule has 4 rings (SSSR count). The Morgan fingerprint density at radius 2 is 1.59 bits per heavy atom. The third-order valence-electron chi connectivity index (χ3n) is 6.78. The minimum Gasteiger partial charge on any atom is -0.452 e. The van der Waals surface area contributed by atoms with Gasteiger partial charge in [-0.3, -0.25) is 19.7 Å². The summed E-state index contributed by atoms with van der Waals surface area (Å²) in [6.07, 6.45) is 2.96. The second-order valence-electron chi connectivity index (χ2n) is 8.90. The molecule has 0 aromatic heterocycles. The Morgan fingerprint density at radius 3 is 2.32 bits per heavy atom. The Morgan fingerprint density at radius 1 is 0.912 bits per heavy atom. The van der Waals surface area contributed by atoms with Crippen LogP contribution in [0.25, 0.3) is 0 Å². The zero-order chi connectivity index (χ0) is 24.4. The number of esters is 1. The minimum atomic E-state index is -0.928. The zero-order valence-electron chi connectivity index (χ0n) is 19.1. The summed E-state index contributed by atoms with van der Waals surface area (Å²) in [5.41, 5.74) is 0.443. The van der Waals surface area contributed by atoms with Gasteiger partial charge in [0.05, 0.1) is 5.56 Å². The molecule has 1 fully saturated rings. The number of imide groups is 1. The molecule has 3 amide bonds. The number of nitrogens with one attached hydrogen (secondary N) is 2. The van der Waals surface area contributed by atoms with Gasteiger partial charge in [-0.25, -0.2) is 9.59 Å². The van der Waals surface area contributed by atoms with Crippen molar-refractivity contribution < 1.29 is 28.7 Å². The number of amides is 3. The lowest BCUT2D eigenvalue weighted by atomic mass is 9.78. The van der Waals surface area contributed by atoms with Gasteiger partial charge in [0.15, 0.2) is 18.2 Å². The number of urea groups is 1. The lowest BCUT2D eigenvalue weighted by molar-refractivity contribution is -0.123. The monoisotopic (exact) mass is 462 g/mol. The van der Waals surface area contributed by atoms with Crippen molar-refractivity contribution in [2.45, 2.75) is 39.2 Å². The van der Waals surface area contributed by atoms with Gasteiger partial charge in [-0.05, 0) is 24.3 Å². The number of hydrogen-bond donors (Lipinski definition) is 2. The van der Waals surface area contributed by atoms with Gasteiger partial charge in [0, 0.05) is 28.3 Å². The summed E-state index contributed by atoms with van der Waals surface area (Å²) in [5, 5.41) is 4.99. The summed E-state index contributed by atoms with van der Waals surface area (Å²) in [6, 6.07) is 10.1. The summed E-state index contributed by atoms with van der Waals surface area (Å²) >= 11 is 0. The maximum absolute atomic E-state index is 13.0. The Labute approximate surface area is 197 Å². The molecule has 0 spiro atoms. The number of benzene rings is 2.